The normalized spacial score (nSPS) is 26.7. The number of nitrogens with one attached hydrogen (secondary N) is 1. The van der Waals surface area contributed by atoms with Gasteiger partial charge in [-0.05, 0) is 26.2 Å². The molecule has 1 rings (SSSR count). The van der Waals surface area contributed by atoms with Crippen LogP contribution in [0.5, 0.6) is 0 Å². The molecule has 1 aliphatic rings. The molecule has 1 fully saturated rings. The molecule has 0 aromatic rings. The summed E-state index contributed by atoms with van der Waals surface area (Å²) < 4.78 is 5.62. The zero-order valence-electron chi connectivity index (χ0n) is 10.4. The Morgan fingerprint density at radius 1 is 1.62 bits per heavy atom. The average Bonchev–Trinajstić information content (AvgIpc) is 2.70. The topological polar surface area (TPSA) is 64.4 Å². The van der Waals surface area contributed by atoms with E-state index in [1.54, 1.807) is 0 Å². The van der Waals surface area contributed by atoms with E-state index in [0.29, 0.717) is 13.1 Å². The third kappa shape index (κ3) is 3.76. The zero-order valence-corrected chi connectivity index (χ0v) is 10.4. The van der Waals surface area contributed by atoms with Gasteiger partial charge in [-0.2, -0.15) is 0 Å². The summed E-state index contributed by atoms with van der Waals surface area (Å²) in [5.74, 6) is 0.0241. The number of carbonyl (C=O) groups is 1. The number of ether oxygens (including phenoxy) is 1. The number of hydrogen-bond donors (Lipinski definition) is 2. The SMILES string of the molecule is CCCC(CN)C(=O)NCC1(C)CCCO1. The summed E-state index contributed by atoms with van der Waals surface area (Å²) in [7, 11) is 0. The van der Waals surface area contributed by atoms with Gasteiger partial charge in [0.1, 0.15) is 0 Å². The van der Waals surface area contributed by atoms with Gasteiger partial charge in [-0.1, -0.05) is 13.3 Å². The van der Waals surface area contributed by atoms with Crippen LogP contribution in [-0.4, -0.2) is 31.2 Å². The molecule has 0 radical (unpaired) electrons. The predicted octanol–water partition coefficient (Wildman–Crippen LogP) is 1.05. The smallest absolute Gasteiger partial charge is 0.224 e. The van der Waals surface area contributed by atoms with Crippen molar-refractivity contribution >= 4 is 5.91 Å². The standard InChI is InChI=1S/C12H24N2O2/c1-3-5-10(8-13)11(15)14-9-12(2)6-4-7-16-12/h10H,3-9,13H2,1-2H3,(H,14,15). The fourth-order valence-electron chi connectivity index (χ4n) is 2.10. The lowest BCUT2D eigenvalue weighted by molar-refractivity contribution is -0.126. The predicted molar refractivity (Wildman–Crippen MR) is 64.1 cm³/mol. The van der Waals surface area contributed by atoms with Gasteiger partial charge in [0.2, 0.25) is 5.91 Å². The number of nitrogens with two attached hydrogens (primary N) is 1. The fraction of sp³-hybridized carbons (Fsp3) is 0.917. The van der Waals surface area contributed by atoms with Crippen LogP contribution < -0.4 is 11.1 Å². The van der Waals surface area contributed by atoms with Crippen molar-refractivity contribution in [2.75, 3.05) is 19.7 Å². The van der Waals surface area contributed by atoms with Gasteiger partial charge in [0.15, 0.2) is 0 Å². The van der Waals surface area contributed by atoms with Gasteiger partial charge < -0.3 is 15.8 Å². The molecule has 4 heteroatoms. The minimum Gasteiger partial charge on any atom is -0.373 e. The highest BCUT2D eigenvalue weighted by atomic mass is 16.5. The summed E-state index contributed by atoms with van der Waals surface area (Å²) in [6.45, 7) is 5.96. The molecule has 1 aliphatic heterocycles. The molecule has 2 atom stereocenters. The van der Waals surface area contributed by atoms with Crippen molar-refractivity contribution in [2.24, 2.45) is 11.7 Å². The van der Waals surface area contributed by atoms with E-state index in [2.05, 4.69) is 19.2 Å². The molecule has 94 valence electrons. The van der Waals surface area contributed by atoms with Crippen molar-refractivity contribution in [3.8, 4) is 0 Å². The number of rotatable bonds is 6. The Labute approximate surface area is 97.9 Å². The summed E-state index contributed by atoms with van der Waals surface area (Å²) in [6.07, 6.45) is 3.96. The summed E-state index contributed by atoms with van der Waals surface area (Å²) >= 11 is 0. The maximum absolute atomic E-state index is 11.8. The zero-order chi connectivity index (χ0) is 12.0. The maximum atomic E-state index is 11.8. The first-order chi connectivity index (χ1) is 7.61. The molecule has 0 aromatic heterocycles. The first-order valence-electron chi connectivity index (χ1n) is 6.23. The second-order valence-electron chi connectivity index (χ2n) is 4.84. The Bertz CT molecular complexity index is 225. The third-order valence-electron chi connectivity index (χ3n) is 3.23. The maximum Gasteiger partial charge on any atom is 0.224 e. The third-order valence-corrected chi connectivity index (χ3v) is 3.23. The van der Waals surface area contributed by atoms with Crippen molar-refractivity contribution in [2.45, 2.75) is 45.1 Å². The molecule has 0 aliphatic carbocycles. The lowest BCUT2D eigenvalue weighted by atomic mass is 10.0. The Morgan fingerprint density at radius 2 is 2.38 bits per heavy atom. The van der Waals surface area contributed by atoms with E-state index in [9.17, 15) is 4.79 Å². The van der Waals surface area contributed by atoms with Crippen molar-refractivity contribution in [3.63, 3.8) is 0 Å². The van der Waals surface area contributed by atoms with Gasteiger partial charge in [-0.3, -0.25) is 4.79 Å². The minimum absolute atomic E-state index is 0.0463. The molecule has 1 saturated heterocycles. The number of amides is 1. The van der Waals surface area contributed by atoms with E-state index in [0.717, 1.165) is 32.3 Å². The molecule has 0 spiro atoms. The van der Waals surface area contributed by atoms with Crippen LogP contribution in [0, 0.1) is 5.92 Å². The first kappa shape index (κ1) is 13.5. The summed E-state index contributed by atoms with van der Waals surface area (Å²) in [5.41, 5.74) is 5.42. The van der Waals surface area contributed by atoms with Crippen LogP contribution in [0.15, 0.2) is 0 Å². The van der Waals surface area contributed by atoms with E-state index in [-0.39, 0.29) is 17.4 Å². The lowest BCUT2D eigenvalue weighted by Gasteiger charge is -2.24. The Kier molecular flexibility index (Phi) is 5.22. The Balaban J connectivity index is 2.33. The van der Waals surface area contributed by atoms with E-state index >= 15 is 0 Å². The Hall–Kier alpha value is -0.610. The van der Waals surface area contributed by atoms with Crippen LogP contribution in [0.1, 0.15) is 39.5 Å². The van der Waals surface area contributed by atoms with Gasteiger partial charge in [-0.15, -0.1) is 0 Å². The highest BCUT2D eigenvalue weighted by Crippen LogP contribution is 2.24. The molecular weight excluding hydrogens is 204 g/mol. The number of hydrogen-bond acceptors (Lipinski definition) is 3. The molecular formula is C12H24N2O2. The molecule has 1 heterocycles. The molecule has 0 saturated carbocycles. The summed E-state index contributed by atoms with van der Waals surface area (Å²) in [4.78, 5) is 11.8. The van der Waals surface area contributed by atoms with Crippen LogP contribution >= 0.6 is 0 Å². The van der Waals surface area contributed by atoms with Crippen molar-refractivity contribution in [1.82, 2.24) is 5.32 Å². The molecule has 0 aromatic carbocycles. The second kappa shape index (κ2) is 6.21. The monoisotopic (exact) mass is 228 g/mol. The average molecular weight is 228 g/mol. The molecule has 3 N–H and O–H groups in total. The first-order valence-corrected chi connectivity index (χ1v) is 6.23. The molecule has 4 nitrogen and oxygen atoms in total. The van der Waals surface area contributed by atoms with Crippen molar-refractivity contribution in [3.05, 3.63) is 0 Å². The lowest BCUT2D eigenvalue weighted by Crippen LogP contribution is -2.43. The van der Waals surface area contributed by atoms with E-state index in [4.69, 9.17) is 10.5 Å². The summed E-state index contributed by atoms with van der Waals surface area (Å²) in [6, 6.07) is 0. The number of carbonyl (C=O) groups excluding carboxylic acids is 1. The van der Waals surface area contributed by atoms with Crippen molar-refractivity contribution in [1.29, 1.82) is 0 Å². The summed E-state index contributed by atoms with van der Waals surface area (Å²) in [5, 5.41) is 2.96. The van der Waals surface area contributed by atoms with Crippen LogP contribution in [0.25, 0.3) is 0 Å². The van der Waals surface area contributed by atoms with Crippen LogP contribution in [0.4, 0.5) is 0 Å². The molecule has 1 amide bonds. The van der Waals surface area contributed by atoms with Crippen LogP contribution in [0.3, 0.4) is 0 Å². The van der Waals surface area contributed by atoms with Crippen LogP contribution in [-0.2, 0) is 9.53 Å². The van der Waals surface area contributed by atoms with Gasteiger partial charge in [0.25, 0.3) is 0 Å². The van der Waals surface area contributed by atoms with Gasteiger partial charge >= 0.3 is 0 Å². The quantitative estimate of drug-likeness (QED) is 0.714. The highest BCUT2D eigenvalue weighted by Gasteiger charge is 2.30. The van der Waals surface area contributed by atoms with Gasteiger partial charge in [0, 0.05) is 19.7 Å². The molecule has 0 bridgehead atoms. The van der Waals surface area contributed by atoms with Gasteiger partial charge in [-0.25, -0.2) is 0 Å². The van der Waals surface area contributed by atoms with E-state index in [1.807, 2.05) is 0 Å². The largest absolute Gasteiger partial charge is 0.373 e. The van der Waals surface area contributed by atoms with Crippen LogP contribution in [0.2, 0.25) is 0 Å². The Morgan fingerprint density at radius 3 is 2.88 bits per heavy atom. The minimum atomic E-state index is -0.166. The van der Waals surface area contributed by atoms with Crippen molar-refractivity contribution < 1.29 is 9.53 Å². The second-order valence-corrected chi connectivity index (χ2v) is 4.84. The molecule has 16 heavy (non-hydrogen) atoms. The van der Waals surface area contributed by atoms with Gasteiger partial charge in [0.05, 0.1) is 11.5 Å². The van der Waals surface area contributed by atoms with E-state index in [1.165, 1.54) is 0 Å². The van der Waals surface area contributed by atoms with E-state index < -0.39 is 0 Å². The fourth-order valence-corrected chi connectivity index (χ4v) is 2.10. The highest BCUT2D eigenvalue weighted by molar-refractivity contribution is 5.78. The molecule has 2 unspecified atom stereocenters.